The van der Waals surface area contributed by atoms with Gasteiger partial charge in [0, 0.05) is 0 Å². The Balaban J connectivity index is 2.02. The van der Waals surface area contributed by atoms with Crippen LogP contribution >= 0.6 is 0 Å². The number of hydrogen-bond donors (Lipinski definition) is 2. The molecule has 108 valence electrons. The molecule has 2 aromatic rings. The maximum Gasteiger partial charge on any atom is 0.337 e. The van der Waals surface area contributed by atoms with E-state index in [4.69, 9.17) is 0 Å². The fraction of sp³-hybridized carbons (Fsp3) is 0.154. The number of hydrogen-bond acceptors (Lipinski definition) is 7. The summed E-state index contributed by atoms with van der Waals surface area (Å²) in [7, 11) is 1.32. The maximum absolute atomic E-state index is 11.3. The van der Waals surface area contributed by atoms with Crippen LogP contribution in [0.2, 0.25) is 0 Å². The zero-order valence-corrected chi connectivity index (χ0v) is 11.5. The highest BCUT2D eigenvalue weighted by molar-refractivity contribution is 5.90. The second-order valence-corrected chi connectivity index (χ2v) is 4.07. The average Bonchev–Trinajstić information content (AvgIpc) is 2.51. The molecular weight excluding hydrogens is 274 g/mol. The van der Waals surface area contributed by atoms with Gasteiger partial charge in [-0.2, -0.15) is 5.10 Å². The normalized spacial score (nSPS) is 10.6. The molecule has 8 nitrogen and oxygen atoms in total. The van der Waals surface area contributed by atoms with Crippen LogP contribution in [0.4, 0.5) is 5.95 Å². The van der Waals surface area contributed by atoms with Crippen molar-refractivity contribution in [1.29, 1.82) is 0 Å². The van der Waals surface area contributed by atoms with Crippen LogP contribution in [0.15, 0.2) is 34.2 Å². The largest absolute Gasteiger partial charge is 0.465 e. The molecule has 0 bridgehead atoms. The number of aromatic amines is 1. The third kappa shape index (κ3) is 3.72. The quantitative estimate of drug-likeness (QED) is 0.487. The zero-order chi connectivity index (χ0) is 15.2. The van der Waals surface area contributed by atoms with E-state index in [-0.39, 0.29) is 17.2 Å². The molecule has 0 saturated heterocycles. The molecule has 0 aliphatic carbocycles. The van der Waals surface area contributed by atoms with E-state index in [1.54, 1.807) is 31.2 Å². The predicted molar refractivity (Wildman–Crippen MR) is 76.4 cm³/mol. The zero-order valence-electron chi connectivity index (χ0n) is 11.5. The number of benzene rings is 1. The Morgan fingerprint density at radius 3 is 2.67 bits per heavy atom. The Morgan fingerprint density at radius 1 is 1.33 bits per heavy atom. The van der Waals surface area contributed by atoms with E-state index < -0.39 is 5.97 Å². The number of methoxy groups -OCH3 is 1. The summed E-state index contributed by atoms with van der Waals surface area (Å²) in [5, 5.41) is 11.3. The van der Waals surface area contributed by atoms with Crippen molar-refractivity contribution in [2.75, 3.05) is 12.5 Å². The van der Waals surface area contributed by atoms with Crippen LogP contribution in [-0.4, -0.2) is 34.5 Å². The van der Waals surface area contributed by atoms with Crippen LogP contribution < -0.4 is 11.0 Å². The van der Waals surface area contributed by atoms with Crippen molar-refractivity contribution < 1.29 is 9.53 Å². The molecule has 0 saturated carbocycles. The number of aryl methyl sites for hydroxylation is 1. The van der Waals surface area contributed by atoms with Crippen molar-refractivity contribution in [3.8, 4) is 0 Å². The van der Waals surface area contributed by atoms with Crippen LogP contribution in [0.3, 0.4) is 0 Å². The first-order valence-corrected chi connectivity index (χ1v) is 6.01. The van der Waals surface area contributed by atoms with Crippen LogP contribution in [0, 0.1) is 6.92 Å². The number of esters is 1. The highest BCUT2D eigenvalue weighted by atomic mass is 16.5. The molecule has 0 unspecified atom stereocenters. The molecule has 1 heterocycles. The Labute approximate surface area is 119 Å². The van der Waals surface area contributed by atoms with Crippen molar-refractivity contribution >= 4 is 18.1 Å². The van der Waals surface area contributed by atoms with Crippen LogP contribution in [0.25, 0.3) is 0 Å². The topological polar surface area (TPSA) is 109 Å². The molecule has 0 atom stereocenters. The minimum atomic E-state index is -0.399. The van der Waals surface area contributed by atoms with Crippen molar-refractivity contribution in [2.45, 2.75) is 6.92 Å². The summed E-state index contributed by atoms with van der Waals surface area (Å²) in [6.45, 7) is 1.56. The van der Waals surface area contributed by atoms with E-state index in [2.05, 4.69) is 30.4 Å². The Morgan fingerprint density at radius 2 is 2.05 bits per heavy atom. The Kier molecular flexibility index (Phi) is 4.39. The summed E-state index contributed by atoms with van der Waals surface area (Å²) in [6, 6.07) is 6.67. The molecule has 0 amide bonds. The Hall–Kier alpha value is -3.03. The number of ether oxygens (including phenoxy) is 1. The van der Waals surface area contributed by atoms with Gasteiger partial charge < -0.3 is 4.74 Å². The SMILES string of the molecule is COC(=O)c1ccc(/C=N\Nc2nnc(C)c(=O)[nH]2)cc1. The molecule has 8 heteroatoms. The first-order valence-electron chi connectivity index (χ1n) is 6.01. The molecule has 0 radical (unpaired) electrons. The predicted octanol–water partition coefficient (Wildman–Crippen LogP) is 0.706. The lowest BCUT2D eigenvalue weighted by Gasteiger charge is -2.00. The molecule has 0 aliphatic heterocycles. The Bertz CT molecular complexity index is 721. The van der Waals surface area contributed by atoms with Crippen LogP contribution in [0.1, 0.15) is 21.6 Å². The molecule has 0 fully saturated rings. The van der Waals surface area contributed by atoms with Gasteiger partial charge >= 0.3 is 5.97 Å². The highest BCUT2D eigenvalue weighted by Crippen LogP contribution is 2.04. The molecule has 2 rings (SSSR count). The number of H-pyrrole nitrogens is 1. The van der Waals surface area contributed by atoms with Crippen molar-refractivity contribution in [1.82, 2.24) is 15.2 Å². The molecule has 0 aliphatic rings. The first-order chi connectivity index (χ1) is 10.1. The first kappa shape index (κ1) is 14.4. The van der Waals surface area contributed by atoms with Gasteiger partial charge in [0.2, 0.25) is 5.95 Å². The lowest BCUT2D eigenvalue weighted by atomic mass is 10.1. The van der Waals surface area contributed by atoms with Gasteiger partial charge in [-0.25, -0.2) is 10.2 Å². The monoisotopic (exact) mass is 287 g/mol. The fourth-order valence-electron chi connectivity index (χ4n) is 1.43. The number of rotatable bonds is 4. The maximum atomic E-state index is 11.3. The molecular formula is C13H13N5O3. The number of anilines is 1. The van der Waals surface area contributed by atoms with Gasteiger partial charge in [0.1, 0.15) is 5.69 Å². The average molecular weight is 287 g/mol. The summed E-state index contributed by atoms with van der Waals surface area (Å²) in [5.74, 6) is -0.253. The summed E-state index contributed by atoms with van der Waals surface area (Å²) in [5.41, 5.74) is 3.73. The van der Waals surface area contributed by atoms with Crippen molar-refractivity contribution in [3.05, 3.63) is 51.4 Å². The third-order valence-corrected chi connectivity index (χ3v) is 2.58. The van der Waals surface area contributed by atoms with Gasteiger partial charge in [0.15, 0.2) is 0 Å². The summed E-state index contributed by atoms with van der Waals surface area (Å²) < 4.78 is 4.60. The smallest absolute Gasteiger partial charge is 0.337 e. The number of hydrazone groups is 1. The second-order valence-electron chi connectivity index (χ2n) is 4.07. The minimum Gasteiger partial charge on any atom is -0.465 e. The summed E-state index contributed by atoms with van der Waals surface area (Å²) >= 11 is 0. The summed E-state index contributed by atoms with van der Waals surface area (Å²) in [4.78, 5) is 25.1. The summed E-state index contributed by atoms with van der Waals surface area (Å²) in [6.07, 6.45) is 1.51. The second kappa shape index (κ2) is 6.42. The van der Waals surface area contributed by atoms with Crippen molar-refractivity contribution in [2.24, 2.45) is 5.10 Å². The number of carbonyl (C=O) groups excluding carboxylic acids is 1. The van der Waals surface area contributed by atoms with Gasteiger partial charge in [0.25, 0.3) is 5.56 Å². The molecule has 21 heavy (non-hydrogen) atoms. The number of nitrogens with zero attached hydrogens (tertiary/aromatic N) is 3. The highest BCUT2D eigenvalue weighted by Gasteiger charge is 2.03. The van der Waals surface area contributed by atoms with Gasteiger partial charge in [-0.3, -0.25) is 9.78 Å². The lowest BCUT2D eigenvalue weighted by molar-refractivity contribution is 0.0600. The molecule has 2 N–H and O–H groups in total. The number of aromatic nitrogens is 3. The van der Waals surface area contributed by atoms with E-state index in [0.29, 0.717) is 5.56 Å². The van der Waals surface area contributed by atoms with Gasteiger partial charge in [-0.1, -0.05) is 12.1 Å². The van der Waals surface area contributed by atoms with E-state index in [0.717, 1.165) is 5.56 Å². The van der Waals surface area contributed by atoms with Crippen LogP contribution in [0.5, 0.6) is 0 Å². The van der Waals surface area contributed by atoms with E-state index >= 15 is 0 Å². The molecule has 1 aromatic heterocycles. The molecule has 0 spiro atoms. The molecule has 1 aromatic carbocycles. The standard InChI is InChI=1S/C13H13N5O3/c1-8-11(19)15-13(18-16-8)17-14-7-9-3-5-10(6-4-9)12(20)21-2/h3-7H,1-2H3,(H2,15,17,18,19)/b14-7-. The van der Waals surface area contributed by atoms with Gasteiger partial charge in [-0.15, -0.1) is 10.2 Å². The minimum absolute atomic E-state index is 0.146. The van der Waals surface area contributed by atoms with Gasteiger partial charge in [-0.05, 0) is 24.6 Å². The van der Waals surface area contributed by atoms with E-state index in [1.807, 2.05) is 0 Å². The van der Waals surface area contributed by atoms with E-state index in [9.17, 15) is 9.59 Å². The number of nitrogens with one attached hydrogen (secondary N) is 2. The fourth-order valence-corrected chi connectivity index (χ4v) is 1.43. The number of carbonyl (C=O) groups is 1. The van der Waals surface area contributed by atoms with E-state index in [1.165, 1.54) is 13.3 Å². The van der Waals surface area contributed by atoms with Gasteiger partial charge in [0.05, 0.1) is 18.9 Å². The van der Waals surface area contributed by atoms with Crippen molar-refractivity contribution in [3.63, 3.8) is 0 Å². The lowest BCUT2D eigenvalue weighted by Crippen LogP contribution is -2.15. The third-order valence-electron chi connectivity index (χ3n) is 2.58. The van der Waals surface area contributed by atoms with Crippen LogP contribution in [-0.2, 0) is 4.74 Å².